The molecule has 0 saturated heterocycles. The highest BCUT2D eigenvalue weighted by molar-refractivity contribution is 4.69. The average molecular weight is 298 g/mol. The molecule has 0 saturated carbocycles. The van der Waals surface area contributed by atoms with Crippen LogP contribution in [0.25, 0.3) is 0 Å². The minimum Gasteiger partial charge on any atom is -0.317 e. The minimum absolute atomic E-state index is 0.675. The number of unbranched alkanes of at least 4 members (excludes halogenated alkanes) is 4. The molecule has 0 aliphatic heterocycles. The molecule has 128 valence electrons. The Labute approximate surface area is 135 Å². The lowest BCUT2D eigenvalue weighted by atomic mass is 9.86. The van der Waals surface area contributed by atoms with E-state index in [1.165, 1.54) is 64.2 Å². The second-order valence-electron chi connectivity index (χ2n) is 7.38. The number of hydrogen-bond donors (Lipinski definition) is 1. The van der Waals surface area contributed by atoms with Crippen LogP contribution in [0.3, 0.4) is 0 Å². The molecule has 3 atom stereocenters. The van der Waals surface area contributed by atoms with Crippen molar-refractivity contribution in [2.75, 3.05) is 7.05 Å². The van der Waals surface area contributed by atoms with Gasteiger partial charge >= 0.3 is 0 Å². The minimum atomic E-state index is 0.675. The fraction of sp³-hybridized carbons (Fsp3) is 1.00. The number of nitrogens with one attached hydrogen (secondary N) is 1. The van der Waals surface area contributed by atoms with Gasteiger partial charge in [0, 0.05) is 6.04 Å². The van der Waals surface area contributed by atoms with Gasteiger partial charge in [-0.2, -0.15) is 0 Å². The van der Waals surface area contributed by atoms with Crippen molar-refractivity contribution in [1.82, 2.24) is 5.32 Å². The molecule has 0 aromatic heterocycles. The van der Waals surface area contributed by atoms with Crippen molar-refractivity contribution in [3.8, 4) is 0 Å². The van der Waals surface area contributed by atoms with Crippen molar-refractivity contribution >= 4 is 0 Å². The van der Waals surface area contributed by atoms with Crippen LogP contribution in [0.15, 0.2) is 0 Å². The van der Waals surface area contributed by atoms with E-state index in [4.69, 9.17) is 0 Å². The Morgan fingerprint density at radius 1 is 0.714 bits per heavy atom. The van der Waals surface area contributed by atoms with Crippen molar-refractivity contribution < 1.29 is 0 Å². The van der Waals surface area contributed by atoms with E-state index in [0.29, 0.717) is 6.04 Å². The average Bonchev–Trinajstić information content (AvgIpc) is 2.48. The molecule has 0 bridgehead atoms. The van der Waals surface area contributed by atoms with Gasteiger partial charge in [0.25, 0.3) is 0 Å². The second-order valence-corrected chi connectivity index (χ2v) is 7.38. The van der Waals surface area contributed by atoms with Crippen LogP contribution in [0, 0.1) is 17.8 Å². The van der Waals surface area contributed by atoms with E-state index >= 15 is 0 Å². The van der Waals surface area contributed by atoms with Crippen LogP contribution in [-0.2, 0) is 0 Å². The third kappa shape index (κ3) is 10.3. The molecule has 0 fully saturated rings. The van der Waals surface area contributed by atoms with E-state index in [9.17, 15) is 0 Å². The summed E-state index contributed by atoms with van der Waals surface area (Å²) < 4.78 is 0. The number of hydrogen-bond acceptors (Lipinski definition) is 1. The van der Waals surface area contributed by atoms with Crippen molar-refractivity contribution in [1.29, 1.82) is 0 Å². The molecule has 0 aliphatic carbocycles. The molecule has 1 N–H and O–H groups in total. The van der Waals surface area contributed by atoms with Crippen LogP contribution in [0.4, 0.5) is 0 Å². The van der Waals surface area contributed by atoms with Crippen LogP contribution < -0.4 is 5.32 Å². The monoisotopic (exact) mass is 297 g/mol. The predicted molar refractivity (Wildman–Crippen MR) is 97.9 cm³/mol. The van der Waals surface area contributed by atoms with E-state index < -0.39 is 0 Å². The largest absolute Gasteiger partial charge is 0.317 e. The van der Waals surface area contributed by atoms with Gasteiger partial charge in [-0.05, 0) is 38.1 Å². The molecule has 3 unspecified atom stereocenters. The van der Waals surface area contributed by atoms with Gasteiger partial charge in [-0.3, -0.25) is 0 Å². The first-order valence-corrected chi connectivity index (χ1v) is 9.73. The predicted octanol–water partition coefficient (Wildman–Crippen LogP) is 6.42. The summed E-state index contributed by atoms with van der Waals surface area (Å²) in [6, 6.07) is 0.675. The summed E-state index contributed by atoms with van der Waals surface area (Å²) in [6.45, 7) is 11.8. The Kier molecular flexibility index (Phi) is 13.6. The molecule has 0 aliphatic rings. The molecular weight excluding hydrogens is 254 g/mol. The van der Waals surface area contributed by atoms with E-state index in [2.05, 4.69) is 47.0 Å². The van der Waals surface area contributed by atoms with Gasteiger partial charge in [0.1, 0.15) is 0 Å². The lowest BCUT2D eigenvalue weighted by molar-refractivity contribution is 0.312. The van der Waals surface area contributed by atoms with Crippen molar-refractivity contribution in [2.24, 2.45) is 17.8 Å². The van der Waals surface area contributed by atoms with Gasteiger partial charge in [0.15, 0.2) is 0 Å². The SMILES string of the molecule is CCCCC(CCCCCCC(CC)C(C)NC)C(C)C. The number of rotatable bonds is 14. The zero-order chi connectivity index (χ0) is 16.1. The maximum absolute atomic E-state index is 3.41. The third-order valence-corrected chi connectivity index (χ3v) is 5.46. The maximum atomic E-state index is 3.41. The zero-order valence-corrected chi connectivity index (χ0v) is 15.9. The summed E-state index contributed by atoms with van der Waals surface area (Å²) in [5, 5.41) is 3.41. The first kappa shape index (κ1) is 21.0. The zero-order valence-electron chi connectivity index (χ0n) is 15.9. The van der Waals surface area contributed by atoms with Gasteiger partial charge in [-0.1, -0.05) is 85.5 Å². The van der Waals surface area contributed by atoms with Crippen molar-refractivity contribution in [3.63, 3.8) is 0 Å². The Balaban J connectivity index is 3.69. The standard InChI is InChI=1S/C20H43N/c1-7-9-14-20(17(3)4)16-13-11-10-12-15-19(8-2)18(5)21-6/h17-21H,7-16H2,1-6H3. The summed E-state index contributed by atoms with van der Waals surface area (Å²) in [5.41, 5.74) is 0. The van der Waals surface area contributed by atoms with Gasteiger partial charge in [0.05, 0.1) is 0 Å². The van der Waals surface area contributed by atoms with Crippen LogP contribution in [0.1, 0.15) is 98.8 Å². The highest BCUT2D eigenvalue weighted by atomic mass is 14.9. The topological polar surface area (TPSA) is 12.0 Å². The summed E-state index contributed by atoms with van der Waals surface area (Å²) in [4.78, 5) is 0. The van der Waals surface area contributed by atoms with Crippen LogP contribution in [-0.4, -0.2) is 13.1 Å². The molecule has 0 spiro atoms. The fourth-order valence-electron chi connectivity index (χ4n) is 3.49. The van der Waals surface area contributed by atoms with Crippen LogP contribution in [0.5, 0.6) is 0 Å². The van der Waals surface area contributed by atoms with Crippen molar-refractivity contribution in [2.45, 2.75) is 105 Å². The normalized spacial score (nSPS) is 16.1. The Bertz CT molecular complexity index is 212. The molecule has 1 heteroatoms. The molecule has 0 aromatic rings. The molecule has 0 heterocycles. The van der Waals surface area contributed by atoms with Crippen molar-refractivity contribution in [3.05, 3.63) is 0 Å². The first-order chi connectivity index (χ1) is 10.1. The first-order valence-electron chi connectivity index (χ1n) is 9.73. The summed E-state index contributed by atoms with van der Waals surface area (Å²) in [7, 11) is 2.09. The lowest BCUT2D eigenvalue weighted by Crippen LogP contribution is -2.30. The quantitative estimate of drug-likeness (QED) is 0.365. The third-order valence-electron chi connectivity index (χ3n) is 5.46. The van der Waals surface area contributed by atoms with E-state index in [1.54, 1.807) is 0 Å². The Hall–Kier alpha value is -0.0400. The molecule has 0 aromatic carbocycles. The van der Waals surface area contributed by atoms with Crippen LogP contribution >= 0.6 is 0 Å². The Morgan fingerprint density at radius 3 is 1.67 bits per heavy atom. The highest BCUT2D eigenvalue weighted by Crippen LogP contribution is 2.25. The van der Waals surface area contributed by atoms with E-state index in [0.717, 1.165) is 17.8 Å². The molecule has 0 radical (unpaired) electrons. The summed E-state index contributed by atoms with van der Waals surface area (Å²) in [6.07, 6.45) is 14.2. The van der Waals surface area contributed by atoms with Gasteiger partial charge in [-0.15, -0.1) is 0 Å². The van der Waals surface area contributed by atoms with E-state index in [-0.39, 0.29) is 0 Å². The molecule has 0 amide bonds. The van der Waals surface area contributed by atoms with E-state index in [1.807, 2.05) is 0 Å². The van der Waals surface area contributed by atoms with Gasteiger partial charge in [-0.25, -0.2) is 0 Å². The summed E-state index contributed by atoms with van der Waals surface area (Å²) in [5.74, 6) is 2.71. The lowest BCUT2D eigenvalue weighted by Gasteiger charge is -2.22. The van der Waals surface area contributed by atoms with Gasteiger partial charge < -0.3 is 5.32 Å². The maximum Gasteiger partial charge on any atom is 0.00638 e. The Morgan fingerprint density at radius 2 is 1.24 bits per heavy atom. The smallest absolute Gasteiger partial charge is 0.00638 e. The molecule has 21 heavy (non-hydrogen) atoms. The van der Waals surface area contributed by atoms with Gasteiger partial charge in [0.2, 0.25) is 0 Å². The fourth-order valence-corrected chi connectivity index (χ4v) is 3.49. The molecule has 0 rings (SSSR count). The molecule has 1 nitrogen and oxygen atoms in total. The summed E-state index contributed by atoms with van der Waals surface area (Å²) >= 11 is 0. The second kappa shape index (κ2) is 13.6. The highest BCUT2D eigenvalue weighted by Gasteiger charge is 2.14. The molecular formula is C20H43N. The van der Waals surface area contributed by atoms with Crippen LogP contribution in [0.2, 0.25) is 0 Å².